The molecule has 0 radical (unpaired) electrons. The van der Waals surface area contributed by atoms with Gasteiger partial charge in [0.2, 0.25) is 0 Å². The lowest BCUT2D eigenvalue weighted by molar-refractivity contribution is 0.184. The minimum absolute atomic E-state index is 0.114. The number of aromatic nitrogens is 1. The third-order valence-corrected chi connectivity index (χ3v) is 3.33. The lowest BCUT2D eigenvalue weighted by Crippen LogP contribution is -2.33. The van der Waals surface area contributed by atoms with Crippen molar-refractivity contribution in [2.45, 2.75) is 12.5 Å². The molecule has 4 N–H and O–H groups in total. The summed E-state index contributed by atoms with van der Waals surface area (Å²) in [5.74, 6) is 5.99. The SMILES string of the molecule is CN(C)CCC(c1ccc2ccccc2n1)N(N)/N=C\N. The molecule has 6 nitrogen and oxygen atoms in total. The number of benzene rings is 1. The Morgan fingerprint density at radius 2 is 2.00 bits per heavy atom. The Labute approximate surface area is 125 Å². The lowest BCUT2D eigenvalue weighted by Gasteiger charge is -2.25. The van der Waals surface area contributed by atoms with Crippen molar-refractivity contribution in [1.29, 1.82) is 0 Å². The lowest BCUT2D eigenvalue weighted by atomic mass is 10.1. The van der Waals surface area contributed by atoms with Gasteiger partial charge in [-0.3, -0.25) is 4.98 Å². The van der Waals surface area contributed by atoms with Crippen LogP contribution in [0.15, 0.2) is 41.5 Å². The molecule has 0 fully saturated rings. The number of nitrogens with zero attached hydrogens (tertiary/aromatic N) is 4. The fourth-order valence-electron chi connectivity index (χ4n) is 2.22. The second-order valence-electron chi connectivity index (χ2n) is 5.18. The van der Waals surface area contributed by atoms with E-state index in [1.54, 1.807) is 0 Å². The average Bonchev–Trinajstić information content (AvgIpc) is 2.47. The highest BCUT2D eigenvalue weighted by Crippen LogP contribution is 2.23. The normalized spacial score (nSPS) is 13.1. The largest absolute Gasteiger partial charge is 0.388 e. The van der Waals surface area contributed by atoms with E-state index in [9.17, 15) is 0 Å². The fourth-order valence-corrected chi connectivity index (χ4v) is 2.22. The number of rotatable bonds is 6. The van der Waals surface area contributed by atoms with Crippen LogP contribution in [-0.4, -0.2) is 42.0 Å². The van der Waals surface area contributed by atoms with Gasteiger partial charge in [-0.15, -0.1) is 0 Å². The number of hydrazine groups is 1. The van der Waals surface area contributed by atoms with E-state index in [-0.39, 0.29) is 6.04 Å². The Bertz CT molecular complexity index is 610. The monoisotopic (exact) mass is 286 g/mol. The second-order valence-corrected chi connectivity index (χ2v) is 5.18. The molecule has 6 heteroatoms. The summed E-state index contributed by atoms with van der Waals surface area (Å²) in [5.41, 5.74) is 7.19. The third kappa shape index (κ3) is 3.90. The molecule has 1 heterocycles. The molecule has 0 aliphatic heterocycles. The summed E-state index contributed by atoms with van der Waals surface area (Å²) in [6.07, 6.45) is 2.01. The molecule has 0 aliphatic rings. The van der Waals surface area contributed by atoms with E-state index < -0.39 is 0 Å². The van der Waals surface area contributed by atoms with Crippen molar-refractivity contribution in [2.24, 2.45) is 16.7 Å². The highest BCUT2D eigenvalue weighted by Gasteiger charge is 2.18. The summed E-state index contributed by atoms with van der Waals surface area (Å²) >= 11 is 0. The average molecular weight is 286 g/mol. The summed E-state index contributed by atoms with van der Waals surface area (Å²) in [4.78, 5) is 6.81. The smallest absolute Gasteiger partial charge is 0.107 e. The van der Waals surface area contributed by atoms with Crippen molar-refractivity contribution in [1.82, 2.24) is 15.0 Å². The van der Waals surface area contributed by atoms with Gasteiger partial charge in [0.05, 0.1) is 11.2 Å². The van der Waals surface area contributed by atoms with E-state index in [0.717, 1.165) is 29.6 Å². The van der Waals surface area contributed by atoms with Gasteiger partial charge in [0, 0.05) is 5.39 Å². The Morgan fingerprint density at radius 3 is 2.71 bits per heavy atom. The van der Waals surface area contributed by atoms with Gasteiger partial charge < -0.3 is 10.6 Å². The minimum Gasteiger partial charge on any atom is -0.388 e. The van der Waals surface area contributed by atoms with Crippen molar-refractivity contribution >= 4 is 17.2 Å². The van der Waals surface area contributed by atoms with Gasteiger partial charge in [0.15, 0.2) is 0 Å². The number of nitrogens with two attached hydrogens (primary N) is 2. The number of hydrogen-bond donors (Lipinski definition) is 2. The Morgan fingerprint density at radius 1 is 1.24 bits per heavy atom. The zero-order valence-corrected chi connectivity index (χ0v) is 12.5. The molecule has 0 saturated heterocycles. The maximum atomic E-state index is 5.99. The quantitative estimate of drug-likeness (QED) is 0.362. The Balaban J connectivity index is 2.32. The molecule has 0 aliphatic carbocycles. The highest BCUT2D eigenvalue weighted by atomic mass is 15.6. The van der Waals surface area contributed by atoms with Crippen molar-refractivity contribution in [3.63, 3.8) is 0 Å². The Hall–Kier alpha value is -2.18. The van der Waals surface area contributed by atoms with E-state index in [0.29, 0.717) is 0 Å². The molecule has 1 aromatic carbocycles. The topological polar surface area (TPSA) is 83.8 Å². The molecule has 2 rings (SSSR count). The first-order chi connectivity index (χ1) is 10.1. The summed E-state index contributed by atoms with van der Waals surface area (Å²) in [7, 11) is 4.05. The number of hydrogen-bond acceptors (Lipinski definition) is 5. The molecule has 1 unspecified atom stereocenters. The maximum absolute atomic E-state index is 5.99. The van der Waals surface area contributed by atoms with E-state index in [1.807, 2.05) is 44.4 Å². The van der Waals surface area contributed by atoms with Crippen LogP contribution in [0.1, 0.15) is 18.2 Å². The van der Waals surface area contributed by atoms with Gasteiger partial charge in [0.1, 0.15) is 12.4 Å². The standard InChI is InChI=1S/C15H22N6/c1-20(2)10-9-15(21(17)18-11-16)14-8-7-12-5-3-4-6-13(12)19-14/h3-8,11,15H,9-10,17H2,1-2H3,(H2,16,18). The highest BCUT2D eigenvalue weighted by molar-refractivity contribution is 5.78. The first-order valence-corrected chi connectivity index (χ1v) is 6.90. The predicted molar refractivity (Wildman–Crippen MR) is 86.4 cm³/mol. The van der Waals surface area contributed by atoms with Gasteiger partial charge >= 0.3 is 0 Å². The van der Waals surface area contributed by atoms with Crippen LogP contribution >= 0.6 is 0 Å². The van der Waals surface area contributed by atoms with Gasteiger partial charge in [-0.25, -0.2) is 11.0 Å². The zero-order chi connectivity index (χ0) is 15.2. The molecular weight excluding hydrogens is 264 g/mol. The predicted octanol–water partition coefficient (Wildman–Crippen LogP) is 1.31. The van der Waals surface area contributed by atoms with E-state index in [4.69, 9.17) is 16.6 Å². The second kappa shape index (κ2) is 7.01. The minimum atomic E-state index is -0.114. The van der Waals surface area contributed by atoms with Crippen LogP contribution in [0.3, 0.4) is 0 Å². The van der Waals surface area contributed by atoms with E-state index >= 15 is 0 Å². The van der Waals surface area contributed by atoms with Gasteiger partial charge in [-0.1, -0.05) is 24.3 Å². The van der Waals surface area contributed by atoms with Crippen LogP contribution in [0.4, 0.5) is 0 Å². The molecule has 0 saturated carbocycles. The van der Waals surface area contributed by atoms with Crippen molar-refractivity contribution in [3.05, 3.63) is 42.1 Å². The molecule has 2 aromatic rings. The van der Waals surface area contributed by atoms with E-state index in [1.165, 1.54) is 11.5 Å². The fraction of sp³-hybridized carbons (Fsp3) is 0.333. The first kappa shape index (κ1) is 15.2. The van der Waals surface area contributed by atoms with Gasteiger partial charge in [-0.05, 0) is 39.2 Å². The summed E-state index contributed by atoms with van der Waals surface area (Å²) < 4.78 is 0. The number of hydrazone groups is 1. The third-order valence-electron chi connectivity index (χ3n) is 3.33. The van der Waals surface area contributed by atoms with Crippen LogP contribution < -0.4 is 11.6 Å². The van der Waals surface area contributed by atoms with Crippen LogP contribution in [0.25, 0.3) is 10.9 Å². The van der Waals surface area contributed by atoms with Crippen LogP contribution in [0.5, 0.6) is 0 Å². The van der Waals surface area contributed by atoms with Crippen LogP contribution in [0.2, 0.25) is 0 Å². The summed E-state index contributed by atoms with van der Waals surface area (Å²) in [6.45, 7) is 0.882. The number of fused-ring (bicyclic) bond motifs is 1. The molecule has 0 amide bonds. The van der Waals surface area contributed by atoms with E-state index in [2.05, 4.69) is 16.1 Å². The van der Waals surface area contributed by atoms with Crippen LogP contribution in [0, 0.1) is 0 Å². The van der Waals surface area contributed by atoms with Crippen molar-refractivity contribution < 1.29 is 0 Å². The number of para-hydroxylation sites is 1. The molecule has 112 valence electrons. The zero-order valence-electron chi connectivity index (χ0n) is 12.5. The van der Waals surface area contributed by atoms with Gasteiger partial charge in [-0.2, -0.15) is 5.10 Å². The van der Waals surface area contributed by atoms with Crippen molar-refractivity contribution in [3.8, 4) is 0 Å². The van der Waals surface area contributed by atoms with Gasteiger partial charge in [0.25, 0.3) is 0 Å². The van der Waals surface area contributed by atoms with Crippen molar-refractivity contribution in [2.75, 3.05) is 20.6 Å². The molecule has 1 aromatic heterocycles. The maximum Gasteiger partial charge on any atom is 0.107 e. The molecule has 21 heavy (non-hydrogen) atoms. The molecule has 0 bridgehead atoms. The summed E-state index contributed by atoms with van der Waals surface area (Å²) in [6, 6.07) is 12.0. The van der Waals surface area contributed by atoms with Crippen LogP contribution in [-0.2, 0) is 0 Å². The number of pyridine rings is 1. The Kier molecular flexibility index (Phi) is 5.08. The molecule has 1 atom stereocenters. The molecular formula is C15H22N6. The molecule has 0 spiro atoms. The summed E-state index contributed by atoms with van der Waals surface area (Å²) in [5, 5.41) is 6.45. The first-order valence-electron chi connectivity index (χ1n) is 6.90.